The molecule has 2 aliphatic heterocycles. The van der Waals surface area contributed by atoms with Gasteiger partial charge in [0, 0.05) is 19.4 Å². The van der Waals surface area contributed by atoms with Crippen molar-refractivity contribution in [1.82, 2.24) is 15.1 Å². The third kappa shape index (κ3) is 1.08. The lowest BCUT2D eigenvalue weighted by molar-refractivity contribution is -0.165. The number of carbonyl (C=O) groups excluding carboxylic acids is 1. The average Bonchev–Trinajstić information content (AvgIpc) is 2.64. The van der Waals surface area contributed by atoms with Gasteiger partial charge in [0.05, 0.1) is 0 Å². The van der Waals surface area contributed by atoms with Crippen LogP contribution in [0.15, 0.2) is 4.42 Å². The average molecular weight is 221 g/mol. The van der Waals surface area contributed by atoms with Gasteiger partial charge in [-0.1, -0.05) is 6.92 Å². The summed E-state index contributed by atoms with van der Waals surface area (Å²) in [6.07, 6.45) is 3.93. The van der Waals surface area contributed by atoms with Crippen molar-refractivity contribution in [2.24, 2.45) is 5.92 Å². The molecule has 4 rings (SSSR count). The summed E-state index contributed by atoms with van der Waals surface area (Å²) in [5.74, 6) is 1.79. The molecule has 2 saturated heterocycles. The zero-order valence-corrected chi connectivity index (χ0v) is 9.51. The van der Waals surface area contributed by atoms with E-state index < -0.39 is 0 Å². The zero-order valence-electron chi connectivity index (χ0n) is 9.51. The summed E-state index contributed by atoms with van der Waals surface area (Å²) in [6, 6.07) is 0.369. The van der Waals surface area contributed by atoms with Gasteiger partial charge in [-0.25, -0.2) is 0 Å². The van der Waals surface area contributed by atoms with Gasteiger partial charge in [-0.05, 0) is 18.8 Å². The molecule has 1 amide bonds. The van der Waals surface area contributed by atoms with E-state index in [0.29, 0.717) is 23.7 Å². The number of amides is 1. The topological polar surface area (TPSA) is 59.2 Å². The minimum Gasteiger partial charge on any atom is -0.423 e. The molecule has 5 heteroatoms. The maximum atomic E-state index is 11.1. The van der Waals surface area contributed by atoms with Gasteiger partial charge in [0.1, 0.15) is 5.54 Å². The first-order valence-corrected chi connectivity index (χ1v) is 5.70. The number of piperidine rings is 1. The van der Waals surface area contributed by atoms with Crippen molar-refractivity contribution in [2.75, 3.05) is 0 Å². The zero-order chi connectivity index (χ0) is 11.3. The Bertz CT molecular complexity index is 431. The number of aromatic nitrogens is 2. The molecule has 86 valence electrons. The molecular formula is C11H15N3O2. The van der Waals surface area contributed by atoms with Crippen LogP contribution in [0.4, 0.5) is 0 Å². The van der Waals surface area contributed by atoms with Crippen LogP contribution in [0.25, 0.3) is 0 Å². The Hall–Kier alpha value is -1.39. The summed E-state index contributed by atoms with van der Waals surface area (Å²) in [6.45, 7) is 3.99. The fourth-order valence-electron chi connectivity index (χ4n) is 3.30. The van der Waals surface area contributed by atoms with E-state index in [2.05, 4.69) is 17.1 Å². The fourth-order valence-corrected chi connectivity index (χ4v) is 3.30. The van der Waals surface area contributed by atoms with Gasteiger partial charge < -0.3 is 9.32 Å². The van der Waals surface area contributed by atoms with Gasteiger partial charge in [-0.2, -0.15) is 0 Å². The van der Waals surface area contributed by atoms with Crippen molar-refractivity contribution in [3.63, 3.8) is 0 Å². The molecule has 1 saturated carbocycles. The lowest BCUT2D eigenvalue weighted by Gasteiger charge is -2.60. The number of hydrogen-bond acceptors (Lipinski definition) is 4. The standard InChI is InChI=1S/C11H15N3O2/c1-7-3-9-5-11(4-7,14(9)6-15)10-13-12-8(2)16-10/h6-7,9H,3-5H2,1-2H3/t7-,9-,11?/m1/s1. The Morgan fingerprint density at radius 1 is 1.50 bits per heavy atom. The Kier molecular flexibility index (Phi) is 1.87. The molecule has 1 aliphatic carbocycles. The van der Waals surface area contributed by atoms with Crippen molar-refractivity contribution < 1.29 is 9.21 Å². The summed E-state index contributed by atoms with van der Waals surface area (Å²) in [7, 11) is 0. The molecule has 0 radical (unpaired) electrons. The number of nitrogens with zero attached hydrogens (tertiary/aromatic N) is 3. The second-order valence-electron chi connectivity index (χ2n) is 5.07. The normalized spacial score (nSPS) is 37.0. The molecule has 3 heterocycles. The molecule has 0 spiro atoms. The highest BCUT2D eigenvalue weighted by molar-refractivity contribution is 5.53. The Labute approximate surface area is 93.8 Å². The summed E-state index contributed by atoms with van der Waals surface area (Å²) in [4.78, 5) is 13.0. The number of fused-ring (bicyclic) bond motifs is 2. The van der Waals surface area contributed by atoms with E-state index in [9.17, 15) is 4.79 Å². The van der Waals surface area contributed by atoms with Crippen LogP contribution in [-0.2, 0) is 10.3 Å². The molecule has 0 N–H and O–H groups in total. The molecule has 2 bridgehead atoms. The van der Waals surface area contributed by atoms with Crippen molar-refractivity contribution in [2.45, 2.75) is 44.7 Å². The van der Waals surface area contributed by atoms with E-state index >= 15 is 0 Å². The van der Waals surface area contributed by atoms with E-state index in [4.69, 9.17) is 4.42 Å². The molecule has 0 aromatic carbocycles. The largest absolute Gasteiger partial charge is 0.423 e. The fraction of sp³-hybridized carbons (Fsp3) is 0.727. The van der Waals surface area contributed by atoms with Gasteiger partial charge in [0.25, 0.3) is 0 Å². The predicted molar refractivity (Wildman–Crippen MR) is 55.4 cm³/mol. The minimum absolute atomic E-state index is 0.300. The van der Waals surface area contributed by atoms with Crippen LogP contribution in [0.3, 0.4) is 0 Å². The second-order valence-corrected chi connectivity index (χ2v) is 5.07. The van der Waals surface area contributed by atoms with Crippen molar-refractivity contribution in [3.05, 3.63) is 11.8 Å². The van der Waals surface area contributed by atoms with Gasteiger partial charge in [-0.3, -0.25) is 4.79 Å². The number of rotatable bonds is 2. The summed E-state index contributed by atoms with van der Waals surface area (Å²) < 4.78 is 5.52. The maximum Gasteiger partial charge on any atom is 0.242 e. The summed E-state index contributed by atoms with van der Waals surface area (Å²) >= 11 is 0. The Morgan fingerprint density at radius 3 is 2.94 bits per heavy atom. The highest BCUT2D eigenvalue weighted by atomic mass is 16.4. The smallest absolute Gasteiger partial charge is 0.242 e. The second kappa shape index (κ2) is 3.06. The molecule has 1 aromatic rings. The van der Waals surface area contributed by atoms with E-state index in [1.54, 1.807) is 6.92 Å². The first kappa shape index (κ1) is 9.81. The van der Waals surface area contributed by atoms with Crippen molar-refractivity contribution in [3.8, 4) is 0 Å². The number of hydrogen-bond donors (Lipinski definition) is 0. The van der Waals surface area contributed by atoms with Crippen LogP contribution in [0.2, 0.25) is 0 Å². The molecule has 3 fully saturated rings. The molecule has 1 unspecified atom stereocenters. The highest BCUT2D eigenvalue weighted by Crippen LogP contribution is 2.54. The third-order valence-electron chi connectivity index (χ3n) is 3.86. The van der Waals surface area contributed by atoms with Gasteiger partial charge in [-0.15, -0.1) is 10.2 Å². The lowest BCUT2D eigenvalue weighted by atomic mass is 9.64. The first-order chi connectivity index (χ1) is 7.65. The molecular weight excluding hydrogens is 206 g/mol. The highest BCUT2D eigenvalue weighted by Gasteiger charge is 2.59. The van der Waals surface area contributed by atoms with Crippen molar-refractivity contribution >= 4 is 6.41 Å². The Balaban J connectivity index is 1.99. The van der Waals surface area contributed by atoms with E-state index in [1.807, 2.05) is 4.90 Å². The van der Waals surface area contributed by atoms with Crippen LogP contribution in [0, 0.1) is 12.8 Å². The molecule has 3 atom stereocenters. The van der Waals surface area contributed by atoms with E-state index in [1.165, 1.54) is 0 Å². The number of carbonyl (C=O) groups is 1. The van der Waals surface area contributed by atoms with Gasteiger partial charge >= 0.3 is 0 Å². The third-order valence-corrected chi connectivity index (χ3v) is 3.86. The van der Waals surface area contributed by atoms with Crippen LogP contribution < -0.4 is 0 Å². The number of aryl methyl sites for hydroxylation is 1. The molecule has 5 nitrogen and oxygen atoms in total. The van der Waals surface area contributed by atoms with Crippen molar-refractivity contribution in [1.29, 1.82) is 0 Å². The van der Waals surface area contributed by atoms with Gasteiger partial charge in [0.2, 0.25) is 18.2 Å². The van der Waals surface area contributed by atoms with Crippen LogP contribution in [-0.4, -0.2) is 27.5 Å². The quantitative estimate of drug-likeness (QED) is 0.705. The Morgan fingerprint density at radius 2 is 2.31 bits per heavy atom. The van der Waals surface area contributed by atoms with E-state index in [-0.39, 0.29) is 5.54 Å². The first-order valence-electron chi connectivity index (χ1n) is 5.70. The van der Waals surface area contributed by atoms with E-state index in [0.717, 1.165) is 25.7 Å². The molecule has 16 heavy (non-hydrogen) atoms. The monoisotopic (exact) mass is 221 g/mol. The summed E-state index contributed by atoms with van der Waals surface area (Å²) in [5.41, 5.74) is -0.300. The predicted octanol–water partition coefficient (Wildman–Crippen LogP) is 1.23. The molecule has 3 aliphatic rings. The van der Waals surface area contributed by atoms with Crippen LogP contribution in [0.5, 0.6) is 0 Å². The summed E-state index contributed by atoms with van der Waals surface area (Å²) in [5, 5.41) is 7.96. The van der Waals surface area contributed by atoms with Gasteiger partial charge in [0.15, 0.2) is 0 Å². The van der Waals surface area contributed by atoms with Crippen LogP contribution >= 0.6 is 0 Å². The molecule has 1 aromatic heterocycles. The SMILES string of the molecule is Cc1nnc(C23C[C@H](C)C[C@H](C2)N3C=O)o1. The van der Waals surface area contributed by atoms with Crippen LogP contribution in [0.1, 0.15) is 38.0 Å². The maximum absolute atomic E-state index is 11.1. The lowest BCUT2D eigenvalue weighted by Crippen LogP contribution is -2.67. The minimum atomic E-state index is -0.300.